The van der Waals surface area contributed by atoms with Crippen molar-refractivity contribution < 1.29 is 27.3 Å². The van der Waals surface area contributed by atoms with E-state index >= 15 is 0 Å². The Labute approximate surface area is 214 Å². The van der Waals surface area contributed by atoms with Crippen LogP contribution in [0.25, 0.3) is 0 Å². The van der Waals surface area contributed by atoms with E-state index in [0.717, 1.165) is 11.1 Å². The zero-order valence-electron chi connectivity index (χ0n) is 18.9. The molecule has 0 amide bonds. The number of halogens is 2. The predicted molar refractivity (Wildman–Crippen MR) is 135 cm³/mol. The van der Waals surface area contributed by atoms with Gasteiger partial charge in [-0.25, -0.2) is 4.79 Å². The number of esters is 1. The summed E-state index contributed by atoms with van der Waals surface area (Å²) in [6.45, 7) is 1.45. The standard InChI is InChI=1S/C18H17Cl2NO3.C7H8O3S/c19-13-7-8-15(20)14(10-13)18(23)24-11-17(22)16(21)9-6-12-4-2-1-3-5-12;1-6-2-4-7(5-3-6)11(8,9)10/h1-5,7-8,10,16H,6,9,11,21H2;2-5H,1H3,(H,8,9,10)/t16-;/m0./s1. The Balaban J connectivity index is 0.000000328. The molecule has 3 rings (SSSR count). The third-order valence-corrected chi connectivity index (χ3v) is 6.25. The lowest BCUT2D eigenvalue weighted by molar-refractivity contribution is -0.123. The Morgan fingerprint density at radius 3 is 2.23 bits per heavy atom. The third-order valence-electron chi connectivity index (χ3n) is 4.81. The molecule has 3 N–H and O–H groups in total. The van der Waals surface area contributed by atoms with Gasteiger partial charge in [-0.3, -0.25) is 9.35 Å². The minimum absolute atomic E-state index is 0.0666. The molecule has 186 valence electrons. The van der Waals surface area contributed by atoms with Gasteiger partial charge in [-0.2, -0.15) is 8.42 Å². The predicted octanol–water partition coefficient (Wildman–Crippen LogP) is 4.92. The Kier molecular flexibility index (Phi) is 10.9. The quantitative estimate of drug-likeness (QED) is 0.308. The lowest BCUT2D eigenvalue weighted by atomic mass is 10.0. The van der Waals surface area contributed by atoms with E-state index < -0.39 is 28.7 Å². The second-order valence-electron chi connectivity index (χ2n) is 7.59. The van der Waals surface area contributed by atoms with Crippen LogP contribution in [0, 0.1) is 6.92 Å². The van der Waals surface area contributed by atoms with Gasteiger partial charge in [0.2, 0.25) is 0 Å². The van der Waals surface area contributed by atoms with Crippen LogP contribution in [-0.2, 0) is 26.1 Å². The summed E-state index contributed by atoms with van der Waals surface area (Å²) in [4.78, 5) is 23.9. The number of carbonyl (C=O) groups is 2. The molecule has 0 aliphatic rings. The lowest BCUT2D eigenvalue weighted by Gasteiger charge is -2.11. The van der Waals surface area contributed by atoms with Crippen LogP contribution in [0.5, 0.6) is 0 Å². The number of Topliss-reactive ketones (excluding diaryl/α,β-unsaturated/α-hetero) is 1. The Morgan fingerprint density at radius 1 is 1.00 bits per heavy atom. The number of hydrogen-bond donors (Lipinski definition) is 2. The van der Waals surface area contributed by atoms with Gasteiger partial charge in [0.25, 0.3) is 10.1 Å². The Morgan fingerprint density at radius 2 is 1.63 bits per heavy atom. The van der Waals surface area contributed by atoms with Crippen molar-refractivity contribution in [1.82, 2.24) is 0 Å². The van der Waals surface area contributed by atoms with Gasteiger partial charge in [-0.15, -0.1) is 0 Å². The first-order chi connectivity index (χ1) is 16.5. The second kappa shape index (κ2) is 13.4. The van der Waals surface area contributed by atoms with E-state index in [1.54, 1.807) is 18.2 Å². The third kappa shape index (κ3) is 9.79. The molecular weight excluding hydrogens is 513 g/mol. The molecule has 0 radical (unpaired) electrons. The largest absolute Gasteiger partial charge is 0.454 e. The molecule has 1 atom stereocenters. The molecule has 0 heterocycles. The Bertz CT molecular complexity index is 1250. The van der Waals surface area contributed by atoms with Crippen LogP contribution >= 0.6 is 23.2 Å². The smallest absolute Gasteiger partial charge is 0.340 e. The molecule has 7 nitrogen and oxygen atoms in total. The number of ether oxygens (including phenoxy) is 1. The molecule has 0 aromatic heterocycles. The monoisotopic (exact) mass is 537 g/mol. The molecule has 0 unspecified atom stereocenters. The summed E-state index contributed by atoms with van der Waals surface area (Å²) < 4.78 is 34.5. The summed E-state index contributed by atoms with van der Waals surface area (Å²) in [7, 11) is -4.02. The minimum Gasteiger partial charge on any atom is -0.454 e. The average molecular weight is 538 g/mol. The van der Waals surface area contributed by atoms with Crippen LogP contribution in [0.2, 0.25) is 10.0 Å². The van der Waals surface area contributed by atoms with Crippen molar-refractivity contribution in [3.05, 3.63) is 99.5 Å². The van der Waals surface area contributed by atoms with Crippen molar-refractivity contribution in [2.24, 2.45) is 5.73 Å². The first kappa shape index (κ1) is 28.5. The van der Waals surface area contributed by atoms with Gasteiger partial charge in [-0.1, -0.05) is 71.2 Å². The van der Waals surface area contributed by atoms with Gasteiger partial charge in [0.05, 0.1) is 21.5 Å². The van der Waals surface area contributed by atoms with Gasteiger partial charge in [0.1, 0.15) is 0 Å². The molecular formula is C25H25Cl2NO6S. The average Bonchev–Trinajstić information content (AvgIpc) is 2.83. The number of benzene rings is 3. The molecule has 35 heavy (non-hydrogen) atoms. The van der Waals surface area contributed by atoms with E-state index in [4.69, 9.17) is 38.2 Å². The van der Waals surface area contributed by atoms with Crippen LogP contribution in [0.3, 0.4) is 0 Å². The Hall–Kier alpha value is -2.75. The fraction of sp³-hybridized carbons (Fsp3) is 0.200. The highest BCUT2D eigenvalue weighted by molar-refractivity contribution is 7.85. The van der Waals surface area contributed by atoms with Crippen LogP contribution in [0.15, 0.2) is 77.7 Å². The van der Waals surface area contributed by atoms with E-state index in [0.29, 0.717) is 17.9 Å². The van der Waals surface area contributed by atoms with Crippen molar-refractivity contribution >= 4 is 45.1 Å². The van der Waals surface area contributed by atoms with Crippen molar-refractivity contribution in [1.29, 1.82) is 0 Å². The highest BCUT2D eigenvalue weighted by Gasteiger charge is 2.18. The number of carbonyl (C=O) groups excluding carboxylic acids is 2. The zero-order chi connectivity index (χ0) is 26.0. The van der Waals surface area contributed by atoms with Crippen LogP contribution < -0.4 is 5.73 Å². The SMILES string of the molecule is Cc1ccc(S(=O)(=O)O)cc1.N[C@@H](CCc1ccccc1)C(=O)COC(=O)c1cc(Cl)ccc1Cl. The fourth-order valence-electron chi connectivity index (χ4n) is 2.81. The van der Waals surface area contributed by atoms with Crippen LogP contribution in [0.4, 0.5) is 0 Å². The number of rotatable bonds is 8. The second-order valence-corrected chi connectivity index (χ2v) is 9.85. The number of hydrogen-bond acceptors (Lipinski definition) is 6. The van der Waals surface area contributed by atoms with Gasteiger partial charge in [-0.05, 0) is 55.7 Å². The number of nitrogens with two attached hydrogens (primary N) is 1. The first-order valence-corrected chi connectivity index (χ1v) is 12.7. The van der Waals surface area contributed by atoms with E-state index in [1.807, 2.05) is 37.3 Å². The molecule has 3 aromatic rings. The van der Waals surface area contributed by atoms with Crippen molar-refractivity contribution in [2.75, 3.05) is 6.61 Å². The molecule has 0 saturated heterocycles. The normalized spacial score (nSPS) is 11.7. The van der Waals surface area contributed by atoms with Crippen molar-refractivity contribution in [3.8, 4) is 0 Å². The maximum atomic E-state index is 12.0. The molecule has 0 saturated carbocycles. The summed E-state index contributed by atoms with van der Waals surface area (Å²) in [6.07, 6.45) is 1.17. The van der Waals surface area contributed by atoms with E-state index in [1.165, 1.54) is 24.3 Å². The van der Waals surface area contributed by atoms with E-state index in [-0.39, 0.29) is 21.3 Å². The van der Waals surface area contributed by atoms with Crippen LogP contribution in [-0.4, -0.2) is 37.4 Å². The van der Waals surface area contributed by atoms with Gasteiger partial charge in [0.15, 0.2) is 12.4 Å². The molecule has 0 bridgehead atoms. The molecule has 10 heteroatoms. The maximum absolute atomic E-state index is 12.0. The van der Waals surface area contributed by atoms with Gasteiger partial charge < -0.3 is 10.5 Å². The summed E-state index contributed by atoms with van der Waals surface area (Å²) in [5, 5.41) is 0.572. The summed E-state index contributed by atoms with van der Waals surface area (Å²) in [5.74, 6) is -1.04. The molecule has 0 fully saturated rings. The van der Waals surface area contributed by atoms with Crippen molar-refractivity contribution in [3.63, 3.8) is 0 Å². The minimum atomic E-state index is -4.02. The van der Waals surface area contributed by atoms with Crippen LogP contribution in [0.1, 0.15) is 27.9 Å². The molecule has 0 spiro atoms. The van der Waals surface area contributed by atoms with Crippen molar-refractivity contribution in [2.45, 2.75) is 30.7 Å². The van der Waals surface area contributed by atoms with Gasteiger partial charge >= 0.3 is 5.97 Å². The van der Waals surface area contributed by atoms with E-state index in [9.17, 15) is 18.0 Å². The molecule has 3 aromatic carbocycles. The topological polar surface area (TPSA) is 124 Å². The summed E-state index contributed by atoms with van der Waals surface area (Å²) >= 11 is 11.7. The lowest BCUT2D eigenvalue weighted by Crippen LogP contribution is -2.34. The summed E-state index contributed by atoms with van der Waals surface area (Å²) in [5.41, 5.74) is 8.03. The zero-order valence-corrected chi connectivity index (χ0v) is 21.2. The molecule has 0 aliphatic heterocycles. The summed E-state index contributed by atoms with van der Waals surface area (Å²) in [6, 6.07) is 19.5. The first-order valence-electron chi connectivity index (χ1n) is 10.5. The molecule has 0 aliphatic carbocycles. The maximum Gasteiger partial charge on any atom is 0.340 e. The fourth-order valence-corrected chi connectivity index (χ4v) is 3.66. The highest BCUT2D eigenvalue weighted by Crippen LogP contribution is 2.21. The number of aryl methyl sites for hydroxylation is 2. The highest BCUT2D eigenvalue weighted by atomic mass is 35.5. The van der Waals surface area contributed by atoms with Gasteiger partial charge in [0, 0.05) is 5.02 Å². The number of ketones is 1. The van der Waals surface area contributed by atoms with E-state index in [2.05, 4.69) is 0 Å².